The van der Waals surface area contributed by atoms with E-state index >= 15 is 0 Å². The summed E-state index contributed by atoms with van der Waals surface area (Å²) in [5.41, 5.74) is 5.62. The van der Waals surface area contributed by atoms with Gasteiger partial charge in [-0.15, -0.1) is 0 Å². The van der Waals surface area contributed by atoms with Gasteiger partial charge in [-0.3, -0.25) is 19.3 Å². The molecule has 2 heterocycles. The van der Waals surface area contributed by atoms with Crippen LogP contribution in [0.1, 0.15) is 47.7 Å². The summed E-state index contributed by atoms with van der Waals surface area (Å²) in [6.07, 6.45) is 4.54. The van der Waals surface area contributed by atoms with E-state index < -0.39 is 5.25 Å². The highest BCUT2D eigenvalue weighted by molar-refractivity contribution is 8.15. The van der Waals surface area contributed by atoms with Crippen LogP contribution in [0.5, 0.6) is 0 Å². The van der Waals surface area contributed by atoms with Crippen LogP contribution in [0.25, 0.3) is 5.69 Å². The molecule has 3 amide bonds. The van der Waals surface area contributed by atoms with Crippen LogP contribution in [0.4, 0.5) is 4.79 Å². The first kappa shape index (κ1) is 19.7. The molecule has 1 saturated heterocycles. The molecule has 7 nitrogen and oxygen atoms in total. The molecule has 1 aromatic carbocycles. The Morgan fingerprint density at radius 2 is 2.07 bits per heavy atom. The monoisotopic (exact) mass is 412 g/mol. The fourth-order valence-electron chi connectivity index (χ4n) is 3.89. The van der Waals surface area contributed by atoms with Crippen molar-refractivity contribution in [2.24, 2.45) is 0 Å². The van der Waals surface area contributed by atoms with Crippen LogP contribution in [0.2, 0.25) is 0 Å². The molecule has 0 bridgehead atoms. The minimum Gasteiger partial charge on any atom is -0.349 e. The number of imide groups is 1. The quantitative estimate of drug-likeness (QED) is 0.834. The maximum atomic E-state index is 12.6. The summed E-state index contributed by atoms with van der Waals surface area (Å²) < 4.78 is 1.96. The van der Waals surface area contributed by atoms with Gasteiger partial charge in [0.05, 0.1) is 17.9 Å². The Hall–Kier alpha value is -2.61. The fraction of sp³-hybridized carbons (Fsp3) is 0.429. The lowest BCUT2D eigenvalue weighted by molar-refractivity contribution is -0.129. The molecule has 1 fully saturated rings. The van der Waals surface area contributed by atoms with Gasteiger partial charge in [0.15, 0.2) is 0 Å². The molecule has 29 heavy (non-hydrogen) atoms. The van der Waals surface area contributed by atoms with Crippen LogP contribution in [-0.2, 0) is 16.0 Å². The van der Waals surface area contributed by atoms with Gasteiger partial charge in [0.1, 0.15) is 5.25 Å². The standard InChI is InChI=1S/C21H24N4O3S/c1-12-7-8-14(9-13(12)2)25-17-6-4-5-16(15(17)11-22-25)23-19(26)10-18-20(27)24(3)21(28)29-18/h7-9,11,16,18H,4-6,10H2,1-3H3,(H,23,26)/t16-,18+/m1/s1. The van der Waals surface area contributed by atoms with Crippen LogP contribution < -0.4 is 5.32 Å². The minimum atomic E-state index is -0.631. The molecular weight excluding hydrogens is 388 g/mol. The summed E-state index contributed by atoms with van der Waals surface area (Å²) in [6.45, 7) is 4.17. The van der Waals surface area contributed by atoms with Crippen LogP contribution in [0.15, 0.2) is 24.4 Å². The molecule has 1 aliphatic heterocycles. The van der Waals surface area contributed by atoms with Crippen molar-refractivity contribution in [3.63, 3.8) is 0 Å². The largest absolute Gasteiger partial charge is 0.349 e. The van der Waals surface area contributed by atoms with Crippen molar-refractivity contribution in [1.29, 1.82) is 0 Å². The van der Waals surface area contributed by atoms with Crippen molar-refractivity contribution in [1.82, 2.24) is 20.0 Å². The molecule has 1 aliphatic carbocycles. The number of amides is 3. The van der Waals surface area contributed by atoms with Crippen LogP contribution in [0, 0.1) is 13.8 Å². The van der Waals surface area contributed by atoms with Gasteiger partial charge in [0, 0.05) is 24.7 Å². The van der Waals surface area contributed by atoms with Crippen molar-refractivity contribution < 1.29 is 14.4 Å². The van der Waals surface area contributed by atoms with Gasteiger partial charge in [-0.2, -0.15) is 5.10 Å². The van der Waals surface area contributed by atoms with Gasteiger partial charge in [-0.25, -0.2) is 4.68 Å². The van der Waals surface area contributed by atoms with Crippen molar-refractivity contribution in [2.75, 3.05) is 7.05 Å². The molecule has 2 aromatic rings. The second-order valence-corrected chi connectivity index (χ2v) is 8.87. The van der Waals surface area contributed by atoms with E-state index in [1.165, 1.54) is 18.2 Å². The van der Waals surface area contributed by atoms with Gasteiger partial charge < -0.3 is 5.32 Å². The van der Waals surface area contributed by atoms with Crippen molar-refractivity contribution in [3.05, 3.63) is 46.8 Å². The maximum Gasteiger partial charge on any atom is 0.288 e. The smallest absolute Gasteiger partial charge is 0.288 e. The average Bonchev–Trinajstić information content (AvgIpc) is 3.22. The Balaban J connectivity index is 1.50. The topological polar surface area (TPSA) is 84.3 Å². The molecule has 2 aliphatic rings. The Morgan fingerprint density at radius 1 is 1.28 bits per heavy atom. The molecule has 1 aromatic heterocycles. The third-order valence-corrected chi connectivity index (χ3v) is 6.88. The van der Waals surface area contributed by atoms with Crippen molar-refractivity contribution >= 4 is 28.8 Å². The number of carbonyl (C=O) groups excluding carboxylic acids is 3. The molecule has 152 valence electrons. The highest BCUT2D eigenvalue weighted by Gasteiger charge is 2.38. The van der Waals surface area contributed by atoms with E-state index in [4.69, 9.17) is 0 Å². The first-order valence-electron chi connectivity index (χ1n) is 9.77. The summed E-state index contributed by atoms with van der Waals surface area (Å²) in [4.78, 5) is 37.3. The number of hydrogen-bond acceptors (Lipinski definition) is 5. The minimum absolute atomic E-state index is 0.0106. The number of rotatable bonds is 4. The number of nitrogens with one attached hydrogen (secondary N) is 1. The van der Waals surface area contributed by atoms with Gasteiger partial charge >= 0.3 is 0 Å². The molecule has 0 saturated carbocycles. The number of aryl methyl sites for hydroxylation is 2. The van der Waals surface area contributed by atoms with E-state index in [0.717, 1.165) is 52.9 Å². The van der Waals surface area contributed by atoms with Crippen LogP contribution in [-0.4, -0.2) is 44.0 Å². The third-order valence-electron chi connectivity index (χ3n) is 5.75. The molecule has 1 N–H and O–H groups in total. The Kier molecular flexibility index (Phi) is 5.21. The van der Waals surface area contributed by atoms with E-state index in [1.54, 1.807) is 0 Å². The van der Waals surface area contributed by atoms with Gasteiger partial charge in [-0.05, 0) is 56.4 Å². The SMILES string of the molecule is Cc1ccc(-n2ncc3c2CCC[C@H]3NC(=O)C[C@@H]2SC(=O)N(C)C2=O)cc1C. The second-order valence-electron chi connectivity index (χ2n) is 7.71. The van der Waals surface area contributed by atoms with E-state index in [9.17, 15) is 14.4 Å². The third kappa shape index (κ3) is 3.69. The molecular formula is C21H24N4O3S. The second kappa shape index (κ2) is 7.67. The zero-order chi connectivity index (χ0) is 20.7. The van der Waals surface area contributed by atoms with Gasteiger partial charge in [0.25, 0.3) is 5.24 Å². The number of fused-ring (bicyclic) bond motifs is 1. The summed E-state index contributed by atoms with van der Waals surface area (Å²) in [5.74, 6) is -0.516. The average molecular weight is 413 g/mol. The van der Waals surface area contributed by atoms with Gasteiger partial charge in [0.2, 0.25) is 11.8 Å². The van der Waals surface area contributed by atoms with Gasteiger partial charge in [-0.1, -0.05) is 17.8 Å². The Labute approximate surface area is 173 Å². The Bertz CT molecular complexity index is 1000. The summed E-state index contributed by atoms with van der Waals surface area (Å²) >= 11 is 0.922. The number of benzene rings is 1. The number of hydrogen-bond donors (Lipinski definition) is 1. The van der Waals surface area contributed by atoms with Crippen LogP contribution in [0.3, 0.4) is 0 Å². The lowest BCUT2D eigenvalue weighted by Crippen LogP contribution is -2.35. The molecule has 0 unspecified atom stereocenters. The first-order valence-corrected chi connectivity index (χ1v) is 10.6. The summed E-state index contributed by atoms with van der Waals surface area (Å²) in [5, 5.41) is 6.70. The van der Waals surface area contributed by atoms with E-state index in [1.807, 2.05) is 10.9 Å². The first-order chi connectivity index (χ1) is 13.8. The van der Waals surface area contributed by atoms with Crippen molar-refractivity contribution in [3.8, 4) is 5.69 Å². The van der Waals surface area contributed by atoms with E-state index in [-0.39, 0.29) is 29.5 Å². The molecule has 2 atom stereocenters. The lowest BCUT2D eigenvalue weighted by Gasteiger charge is -2.24. The highest BCUT2D eigenvalue weighted by atomic mass is 32.2. The molecule has 0 spiro atoms. The predicted molar refractivity (Wildman–Crippen MR) is 111 cm³/mol. The fourth-order valence-corrected chi connectivity index (χ4v) is 4.88. The van der Waals surface area contributed by atoms with Crippen molar-refractivity contribution in [2.45, 2.75) is 50.8 Å². The van der Waals surface area contributed by atoms with E-state index in [2.05, 4.69) is 42.5 Å². The molecule has 8 heteroatoms. The number of aromatic nitrogens is 2. The van der Waals surface area contributed by atoms with E-state index in [0.29, 0.717) is 0 Å². The van der Waals surface area contributed by atoms with Crippen LogP contribution >= 0.6 is 11.8 Å². The zero-order valence-corrected chi connectivity index (χ0v) is 17.6. The highest BCUT2D eigenvalue weighted by Crippen LogP contribution is 2.32. The normalized spacial score (nSPS) is 21.4. The lowest BCUT2D eigenvalue weighted by atomic mass is 9.92. The number of nitrogens with zero attached hydrogens (tertiary/aromatic N) is 3. The molecule has 4 rings (SSSR count). The summed E-state index contributed by atoms with van der Waals surface area (Å²) in [7, 11) is 1.45. The zero-order valence-electron chi connectivity index (χ0n) is 16.8. The number of carbonyl (C=O) groups is 3. The predicted octanol–water partition coefficient (Wildman–Crippen LogP) is 3.07. The molecule has 0 radical (unpaired) electrons. The summed E-state index contributed by atoms with van der Waals surface area (Å²) in [6, 6.07) is 6.16. The maximum absolute atomic E-state index is 12.6. The number of thioether (sulfide) groups is 1. The Morgan fingerprint density at radius 3 is 2.76 bits per heavy atom.